The Morgan fingerprint density at radius 1 is 1.13 bits per heavy atom. The van der Waals surface area contributed by atoms with Gasteiger partial charge in [0.1, 0.15) is 5.75 Å². The summed E-state index contributed by atoms with van der Waals surface area (Å²) in [7, 11) is 3.42. The first-order valence-corrected chi connectivity index (χ1v) is 7.73. The van der Waals surface area contributed by atoms with E-state index in [9.17, 15) is 4.79 Å². The van der Waals surface area contributed by atoms with Gasteiger partial charge in [-0.05, 0) is 48.4 Å². The van der Waals surface area contributed by atoms with Crippen LogP contribution in [0.4, 0.5) is 0 Å². The van der Waals surface area contributed by atoms with Crippen molar-refractivity contribution in [2.75, 3.05) is 14.2 Å². The van der Waals surface area contributed by atoms with Crippen molar-refractivity contribution in [3.8, 4) is 5.75 Å². The molecule has 2 aromatic carbocycles. The molecule has 1 atom stereocenters. The molecule has 0 aliphatic rings. The number of amides is 1. The van der Waals surface area contributed by atoms with Gasteiger partial charge in [-0.25, -0.2) is 0 Å². The first-order valence-electron chi connectivity index (χ1n) is 7.35. The van der Waals surface area contributed by atoms with Gasteiger partial charge in [-0.3, -0.25) is 4.79 Å². The van der Waals surface area contributed by atoms with Crippen LogP contribution >= 0.6 is 11.6 Å². The van der Waals surface area contributed by atoms with Crippen molar-refractivity contribution in [3.63, 3.8) is 0 Å². The van der Waals surface area contributed by atoms with E-state index >= 15 is 0 Å². The summed E-state index contributed by atoms with van der Waals surface area (Å²) in [5.74, 6) is 0.741. The van der Waals surface area contributed by atoms with Crippen LogP contribution in [0.5, 0.6) is 5.75 Å². The van der Waals surface area contributed by atoms with Crippen molar-refractivity contribution < 1.29 is 9.53 Å². The average Bonchev–Trinajstić information content (AvgIpc) is 2.59. The van der Waals surface area contributed by atoms with Gasteiger partial charge in [0.2, 0.25) is 5.91 Å². The zero-order chi connectivity index (χ0) is 16.8. The molecule has 0 bridgehead atoms. The second-order valence-corrected chi connectivity index (χ2v) is 5.72. The number of hydrogen-bond donors (Lipinski definition) is 0. The highest BCUT2D eigenvalue weighted by Gasteiger charge is 2.15. The van der Waals surface area contributed by atoms with Gasteiger partial charge in [0, 0.05) is 18.1 Å². The Morgan fingerprint density at radius 3 is 2.30 bits per heavy atom. The Kier molecular flexibility index (Phi) is 5.83. The molecule has 0 saturated carbocycles. The van der Waals surface area contributed by atoms with Gasteiger partial charge in [-0.2, -0.15) is 0 Å². The Morgan fingerprint density at radius 2 is 1.74 bits per heavy atom. The first kappa shape index (κ1) is 17.1. The average molecular weight is 330 g/mol. The molecule has 120 valence electrons. The second-order valence-electron chi connectivity index (χ2n) is 5.28. The van der Waals surface area contributed by atoms with E-state index in [0.717, 1.165) is 16.9 Å². The van der Waals surface area contributed by atoms with E-state index in [-0.39, 0.29) is 11.9 Å². The molecule has 0 aliphatic heterocycles. The summed E-state index contributed by atoms with van der Waals surface area (Å²) < 4.78 is 5.11. The summed E-state index contributed by atoms with van der Waals surface area (Å²) >= 11 is 5.90. The first-order chi connectivity index (χ1) is 11.0. The third-order valence-corrected chi connectivity index (χ3v) is 4.07. The molecule has 0 fully saturated rings. The van der Waals surface area contributed by atoms with E-state index in [0.29, 0.717) is 5.02 Å². The number of benzene rings is 2. The number of hydrogen-bond acceptors (Lipinski definition) is 2. The number of carbonyl (C=O) groups is 1. The van der Waals surface area contributed by atoms with Gasteiger partial charge in [-0.15, -0.1) is 0 Å². The molecule has 0 aliphatic carbocycles. The number of halogens is 1. The molecule has 0 aromatic heterocycles. The molecule has 0 N–H and O–H groups in total. The number of rotatable bonds is 5. The maximum atomic E-state index is 12.3. The highest BCUT2D eigenvalue weighted by Crippen LogP contribution is 2.21. The van der Waals surface area contributed by atoms with Crippen LogP contribution in [0.15, 0.2) is 54.6 Å². The SMILES string of the molecule is COc1ccc(/C=C/C(=O)N(C)C(C)c2ccc(Cl)cc2)cc1. The minimum absolute atomic E-state index is 0.0275. The smallest absolute Gasteiger partial charge is 0.246 e. The fourth-order valence-corrected chi connectivity index (χ4v) is 2.28. The molecule has 0 saturated heterocycles. The van der Waals surface area contributed by atoms with E-state index in [1.54, 1.807) is 31.2 Å². The largest absolute Gasteiger partial charge is 0.497 e. The van der Waals surface area contributed by atoms with Gasteiger partial charge in [0.25, 0.3) is 0 Å². The van der Waals surface area contributed by atoms with Gasteiger partial charge < -0.3 is 9.64 Å². The molecule has 3 nitrogen and oxygen atoms in total. The second kappa shape index (κ2) is 7.84. The van der Waals surface area contributed by atoms with Crippen molar-refractivity contribution in [1.29, 1.82) is 0 Å². The van der Waals surface area contributed by atoms with Crippen LogP contribution in [0.3, 0.4) is 0 Å². The number of nitrogens with zero attached hydrogens (tertiary/aromatic N) is 1. The zero-order valence-corrected chi connectivity index (χ0v) is 14.2. The molecule has 4 heteroatoms. The lowest BCUT2D eigenvalue weighted by Crippen LogP contribution is -2.27. The summed E-state index contributed by atoms with van der Waals surface area (Å²) in [5.41, 5.74) is 2.00. The maximum absolute atomic E-state index is 12.3. The monoisotopic (exact) mass is 329 g/mol. The van der Waals surface area contributed by atoms with Crippen molar-refractivity contribution in [3.05, 3.63) is 70.8 Å². The van der Waals surface area contributed by atoms with Gasteiger partial charge in [0.05, 0.1) is 13.2 Å². The molecule has 1 amide bonds. The van der Waals surface area contributed by atoms with Crippen molar-refractivity contribution in [2.24, 2.45) is 0 Å². The fourth-order valence-electron chi connectivity index (χ4n) is 2.16. The molecule has 2 aromatic rings. The third kappa shape index (κ3) is 4.60. The van der Waals surface area contributed by atoms with Crippen LogP contribution in [0.2, 0.25) is 5.02 Å². The van der Waals surface area contributed by atoms with Crippen molar-refractivity contribution in [2.45, 2.75) is 13.0 Å². The highest BCUT2D eigenvalue weighted by molar-refractivity contribution is 6.30. The predicted octanol–water partition coefficient (Wildman–Crippen LogP) is 4.58. The van der Waals surface area contributed by atoms with Gasteiger partial charge in [0.15, 0.2) is 0 Å². The minimum atomic E-state index is -0.0525. The standard InChI is InChI=1S/C19H20ClNO2/c1-14(16-7-9-17(20)10-8-16)21(2)19(22)13-6-15-4-11-18(23-3)12-5-15/h4-14H,1-3H3/b13-6+. The fraction of sp³-hybridized carbons (Fsp3) is 0.211. The normalized spacial score (nSPS) is 12.2. The van der Waals surface area contributed by atoms with E-state index in [4.69, 9.17) is 16.3 Å². The van der Waals surface area contributed by atoms with Crippen LogP contribution in [0.25, 0.3) is 6.08 Å². The summed E-state index contributed by atoms with van der Waals surface area (Å²) in [6.45, 7) is 1.99. The Bertz CT molecular complexity index is 678. The van der Waals surface area contributed by atoms with Crippen molar-refractivity contribution in [1.82, 2.24) is 4.90 Å². The lowest BCUT2D eigenvalue weighted by molar-refractivity contribution is -0.126. The van der Waals surface area contributed by atoms with Gasteiger partial charge in [-0.1, -0.05) is 35.9 Å². The number of ether oxygens (including phenoxy) is 1. The maximum Gasteiger partial charge on any atom is 0.246 e. The molecular weight excluding hydrogens is 310 g/mol. The Balaban J connectivity index is 2.03. The summed E-state index contributed by atoms with van der Waals surface area (Å²) in [5, 5.41) is 0.689. The quantitative estimate of drug-likeness (QED) is 0.751. The minimum Gasteiger partial charge on any atom is -0.497 e. The lowest BCUT2D eigenvalue weighted by Gasteiger charge is -2.24. The predicted molar refractivity (Wildman–Crippen MR) is 94.7 cm³/mol. The lowest BCUT2D eigenvalue weighted by atomic mass is 10.1. The number of methoxy groups -OCH3 is 1. The molecule has 23 heavy (non-hydrogen) atoms. The molecule has 1 unspecified atom stereocenters. The summed E-state index contributed by atoms with van der Waals surface area (Å²) in [6, 6.07) is 15.1. The summed E-state index contributed by atoms with van der Waals surface area (Å²) in [4.78, 5) is 14.0. The number of likely N-dealkylation sites (N-methyl/N-ethyl adjacent to an activating group) is 1. The Labute approximate surface area is 142 Å². The van der Waals surface area contributed by atoms with Crippen molar-refractivity contribution >= 4 is 23.6 Å². The van der Waals surface area contributed by atoms with E-state index in [1.807, 2.05) is 55.5 Å². The van der Waals surface area contributed by atoms with Crippen LogP contribution in [-0.4, -0.2) is 25.0 Å². The molecule has 2 rings (SSSR count). The van der Waals surface area contributed by atoms with E-state index in [2.05, 4.69) is 0 Å². The van der Waals surface area contributed by atoms with E-state index in [1.165, 1.54) is 0 Å². The van der Waals surface area contributed by atoms with E-state index < -0.39 is 0 Å². The zero-order valence-electron chi connectivity index (χ0n) is 13.5. The van der Waals surface area contributed by atoms with Crippen LogP contribution in [0.1, 0.15) is 24.1 Å². The third-order valence-electron chi connectivity index (χ3n) is 3.82. The molecular formula is C19H20ClNO2. The molecule has 0 heterocycles. The van der Waals surface area contributed by atoms with Gasteiger partial charge >= 0.3 is 0 Å². The highest BCUT2D eigenvalue weighted by atomic mass is 35.5. The van der Waals surface area contributed by atoms with Crippen LogP contribution in [0, 0.1) is 0 Å². The summed E-state index contributed by atoms with van der Waals surface area (Å²) in [6.07, 6.45) is 3.38. The Hall–Kier alpha value is -2.26. The topological polar surface area (TPSA) is 29.5 Å². The number of carbonyl (C=O) groups excluding carboxylic acids is 1. The van der Waals surface area contributed by atoms with Crippen LogP contribution in [-0.2, 0) is 4.79 Å². The molecule has 0 radical (unpaired) electrons. The molecule has 0 spiro atoms. The van der Waals surface area contributed by atoms with Crippen LogP contribution < -0.4 is 4.74 Å².